The minimum absolute atomic E-state index is 0.0748. The van der Waals surface area contributed by atoms with E-state index < -0.39 is 5.60 Å². The molecule has 0 unspecified atom stereocenters. The third kappa shape index (κ3) is 6.60. The lowest BCUT2D eigenvalue weighted by Gasteiger charge is -2.22. The summed E-state index contributed by atoms with van der Waals surface area (Å²) in [5.74, 6) is 0.538. The number of hydrogen-bond donors (Lipinski definition) is 1. The van der Waals surface area contributed by atoms with Crippen LogP contribution in [0.25, 0.3) is 0 Å². The van der Waals surface area contributed by atoms with Crippen molar-refractivity contribution < 1.29 is 28.6 Å². The first-order valence-electron chi connectivity index (χ1n) is 10.9. The maximum absolute atomic E-state index is 12.5. The molecule has 8 nitrogen and oxygen atoms in total. The molecule has 0 bridgehead atoms. The highest BCUT2D eigenvalue weighted by atomic mass is 16.6. The lowest BCUT2D eigenvalue weighted by atomic mass is 10.1. The molecule has 2 aliphatic heterocycles. The number of unbranched alkanes of at least 4 members (excludes halogenated alkanes) is 2. The number of anilines is 1. The van der Waals surface area contributed by atoms with Crippen molar-refractivity contribution >= 4 is 23.5 Å². The lowest BCUT2D eigenvalue weighted by Crippen LogP contribution is -2.33. The average Bonchev–Trinajstić information content (AvgIpc) is 3.10. The summed E-state index contributed by atoms with van der Waals surface area (Å²) in [7, 11) is 0. The summed E-state index contributed by atoms with van der Waals surface area (Å²) in [4.78, 5) is 38.3. The smallest absolute Gasteiger partial charge is 0.306 e. The number of hydrogen-bond acceptors (Lipinski definition) is 6. The van der Waals surface area contributed by atoms with Gasteiger partial charge in [-0.15, -0.1) is 0 Å². The Morgan fingerprint density at radius 2 is 1.87 bits per heavy atom. The molecule has 0 spiro atoms. The molecular formula is C23H32N2O6. The molecule has 2 aliphatic rings. The Labute approximate surface area is 183 Å². The summed E-state index contributed by atoms with van der Waals surface area (Å²) in [6.45, 7) is 7.42. The summed E-state index contributed by atoms with van der Waals surface area (Å²) < 4.78 is 16.4. The molecule has 1 saturated heterocycles. The molecule has 0 aliphatic carbocycles. The number of fused-ring (bicyclic) bond motifs is 1. The number of esters is 1. The van der Waals surface area contributed by atoms with Gasteiger partial charge in [0.05, 0.1) is 5.92 Å². The number of nitrogens with zero attached hydrogens (tertiary/aromatic N) is 1. The van der Waals surface area contributed by atoms with Gasteiger partial charge in [0, 0.05) is 37.7 Å². The monoisotopic (exact) mass is 432 g/mol. The van der Waals surface area contributed by atoms with Crippen molar-refractivity contribution in [3.8, 4) is 11.5 Å². The Balaban J connectivity index is 1.38. The molecular weight excluding hydrogens is 400 g/mol. The summed E-state index contributed by atoms with van der Waals surface area (Å²) in [5.41, 5.74) is 0.254. The zero-order valence-electron chi connectivity index (χ0n) is 18.6. The van der Waals surface area contributed by atoms with E-state index in [-0.39, 0.29) is 30.1 Å². The quantitative estimate of drug-likeness (QED) is 0.501. The molecule has 0 saturated carbocycles. The molecule has 170 valence electrons. The summed E-state index contributed by atoms with van der Waals surface area (Å²) in [5, 5.41) is 2.91. The predicted molar refractivity (Wildman–Crippen MR) is 115 cm³/mol. The standard InChI is InChI=1S/C23H32N2O6/c1-23(2,3)31-21(27)7-5-4-6-10-24-22(28)16-13-20(26)25(15-16)17-8-9-18-19(14-17)30-12-11-29-18/h8-9,14,16H,4-7,10-13,15H2,1-3H3,(H,24,28)/t16-/m0/s1. The highest BCUT2D eigenvalue weighted by Gasteiger charge is 2.35. The van der Waals surface area contributed by atoms with E-state index in [0.717, 1.165) is 19.3 Å². The largest absolute Gasteiger partial charge is 0.486 e. The van der Waals surface area contributed by atoms with Gasteiger partial charge in [-0.1, -0.05) is 6.42 Å². The zero-order valence-corrected chi connectivity index (χ0v) is 18.6. The Kier molecular flexibility index (Phi) is 7.41. The Morgan fingerprint density at radius 3 is 2.61 bits per heavy atom. The first-order valence-corrected chi connectivity index (χ1v) is 10.9. The molecule has 0 radical (unpaired) electrons. The molecule has 3 rings (SSSR count). The fraction of sp³-hybridized carbons (Fsp3) is 0.609. The maximum atomic E-state index is 12.5. The molecule has 1 aromatic carbocycles. The van der Waals surface area contributed by atoms with Gasteiger partial charge in [-0.2, -0.15) is 0 Å². The fourth-order valence-corrected chi connectivity index (χ4v) is 3.65. The lowest BCUT2D eigenvalue weighted by molar-refractivity contribution is -0.155. The van der Waals surface area contributed by atoms with Gasteiger partial charge >= 0.3 is 5.97 Å². The van der Waals surface area contributed by atoms with Crippen molar-refractivity contribution in [1.29, 1.82) is 0 Å². The highest BCUT2D eigenvalue weighted by molar-refractivity contribution is 6.00. The zero-order chi connectivity index (χ0) is 22.4. The minimum Gasteiger partial charge on any atom is -0.486 e. The Hall–Kier alpha value is -2.77. The molecule has 0 aromatic heterocycles. The predicted octanol–water partition coefficient (Wildman–Crippen LogP) is 2.83. The number of benzene rings is 1. The van der Waals surface area contributed by atoms with Gasteiger partial charge < -0.3 is 24.4 Å². The summed E-state index contributed by atoms with van der Waals surface area (Å²) in [6, 6.07) is 5.40. The van der Waals surface area contributed by atoms with E-state index in [0.29, 0.717) is 49.9 Å². The van der Waals surface area contributed by atoms with Crippen LogP contribution in [-0.2, 0) is 19.1 Å². The molecule has 1 fully saturated rings. The van der Waals surface area contributed by atoms with E-state index in [1.54, 1.807) is 17.0 Å². The third-order valence-electron chi connectivity index (χ3n) is 5.11. The first kappa shape index (κ1) is 22.9. The third-order valence-corrected chi connectivity index (χ3v) is 5.11. The molecule has 2 amide bonds. The van der Waals surface area contributed by atoms with Crippen molar-refractivity contribution in [2.24, 2.45) is 5.92 Å². The first-order chi connectivity index (χ1) is 14.7. The second kappa shape index (κ2) is 10.0. The number of carbonyl (C=O) groups excluding carboxylic acids is 3. The number of ether oxygens (including phenoxy) is 3. The SMILES string of the molecule is CC(C)(C)OC(=O)CCCCCNC(=O)[C@H]1CC(=O)N(c2ccc3c(c2)OCCO3)C1. The van der Waals surface area contributed by atoms with Crippen LogP contribution < -0.4 is 19.7 Å². The molecule has 1 atom stereocenters. The van der Waals surface area contributed by atoms with E-state index in [4.69, 9.17) is 14.2 Å². The second-order valence-electron chi connectivity index (χ2n) is 8.92. The van der Waals surface area contributed by atoms with Crippen LogP contribution in [0.4, 0.5) is 5.69 Å². The minimum atomic E-state index is -0.461. The van der Waals surface area contributed by atoms with Crippen LogP contribution in [0, 0.1) is 5.92 Å². The van der Waals surface area contributed by atoms with Gasteiger partial charge in [0.1, 0.15) is 18.8 Å². The highest BCUT2D eigenvalue weighted by Crippen LogP contribution is 2.35. The van der Waals surface area contributed by atoms with Crippen LogP contribution in [0.5, 0.6) is 11.5 Å². The topological polar surface area (TPSA) is 94.2 Å². The van der Waals surface area contributed by atoms with Crippen molar-refractivity contribution in [1.82, 2.24) is 5.32 Å². The van der Waals surface area contributed by atoms with Crippen molar-refractivity contribution in [2.45, 2.75) is 58.5 Å². The number of nitrogens with one attached hydrogen (secondary N) is 1. The van der Waals surface area contributed by atoms with Crippen molar-refractivity contribution in [3.63, 3.8) is 0 Å². The molecule has 1 aromatic rings. The van der Waals surface area contributed by atoms with Crippen LogP contribution in [-0.4, -0.2) is 49.7 Å². The van der Waals surface area contributed by atoms with Crippen LogP contribution >= 0.6 is 0 Å². The second-order valence-corrected chi connectivity index (χ2v) is 8.92. The van der Waals surface area contributed by atoms with E-state index in [9.17, 15) is 14.4 Å². The van der Waals surface area contributed by atoms with Gasteiger partial charge in [0.25, 0.3) is 0 Å². The van der Waals surface area contributed by atoms with Crippen LogP contribution in [0.1, 0.15) is 52.9 Å². The van der Waals surface area contributed by atoms with Gasteiger partial charge in [-0.25, -0.2) is 0 Å². The molecule has 1 N–H and O–H groups in total. The summed E-state index contributed by atoms with van der Waals surface area (Å²) in [6.07, 6.45) is 2.91. The van der Waals surface area contributed by atoms with E-state index >= 15 is 0 Å². The molecule has 31 heavy (non-hydrogen) atoms. The Bertz CT molecular complexity index is 817. The van der Waals surface area contributed by atoms with Gasteiger partial charge in [-0.3, -0.25) is 14.4 Å². The molecule has 8 heteroatoms. The molecule has 2 heterocycles. The summed E-state index contributed by atoms with van der Waals surface area (Å²) >= 11 is 0. The maximum Gasteiger partial charge on any atom is 0.306 e. The van der Waals surface area contributed by atoms with E-state index in [1.165, 1.54) is 0 Å². The van der Waals surface area contributed by atoms with Crippen molar-refractivity contribution in [2.75, 3.05) is 31.2 Å². The average molecular weight is 433 g/mol. The Morgan fingerprint density at radius 1 is 1.13 bits per heavy atom. The van der Waals surface area contributed by atoms with Crippen LogP contribution in [0.15, 0.2) is 18.2 Å². The van der Waals surface area contributed by atoms with Crippen molar-refractivity contribution in [3.05, 3.63) is 18.2 Å². The van der Waals surface area contributed by atoms with Gasteiger partial charge in [-0.05, 0) is 45.7 Å². The van der Waals surface area contributed by atoms with E-state index in [2.05, 4.69) is 5.32 Å². The fourth-order valence-electron chi connectivity index (χ4n) is 3.65. The van der Waals surface area contributed by atoms with Gasteiger partial charge in [0.15, 0.2) is 11.5 Å². The normalized spacial score (nSPS) is 18.1. The van der Waals surface area contributed by atoms with Crippen LogP contribution in [0.3, 0.4) is 0 Å². The van der Waals surface area contributed by atoms with Crippen LogP contribution in [0.2, 0.25) is 0 Å². The number of rotatable bonds is 8. The number of amides is 2. The number of carbonyl (C=O) groups is 3. The van der Waals surface area contributed by atoms with Gasteiger partial charge in [0.2, 0.25) is 11.8 Å². The van der Waals surface area contributed by atoms with E-state index in [1.807, 2.05) is 26.8 Å².